The summed E-state index contributed by atoms with van der Waals surface area (Å²) >= 11 is 5.20. The third-order valence-electron chi connectivity index (χ3n) is 2.08. The predicted octanol–water partition coefficient (Wildman–Crippen LogP) is 2.97. The molecule has 0 aromatic heterocycles. The number of carbonyl (C=O) groups excluding carboxylic acids is 2. The van der Waals surface area contributed by atoms with E-state index in [1.165, 1.54) is 0 Å². The van der Waals surface area contributed by atoms with Gasteiger partial charge in [0.05, 0.1) is 17.5 Å². The smallest absolute Gasteiger partial charge is 0.339 e. The van der Waals surface area contributed by atoms with Gasteiger partial charge in [0.1, 0.15) is 5.78 Å². The lowest BCUT2D eigenvalue weighted by Gasteiger charge is -2.06. The van der Waals surface area contributed by atoms with Crippen LogP contribution in [0, 0.1) is 3.57 Å². The van der Waals surface area contributed by atoms with Crippen molar-refractivity contribution in [2.75, 3.05) is 11.9 Å². The third kappa shape index (κ3) is 4.39. The third-order valence-corrected chi connectivity index (χ3v) is 3.64. The molecular formula is C12H12BrIO3. The molecule has 0 aliphatic carbocycles. The Balaban J connectivity index is 2.94. The first kappa shape index (κ1) is 14.6. The normalized spacial score (nSPS) is 10.1. The maximum absolute atomic E-state index is 11.7. The molecule has 0 aliphatic rings. The standard InChI is InChI=1S/C12H12BrIO3/c1-2-17-12(16)10-6-8(3-4-11(10)14)5-9(15)7-13/h3-4,6H,2,5,7H2,1H3. The number of ether oxygens (including phenoxy) is 1. The highest BCUT2D eigenvalue weighted by atomic mass is 127. The van der Waals surface area contributed by atoms with Crippen molar-refractivity contribution in [2.24, 2.45) is 0 Å². The van der Waals surface area contributed by atoms with Crippen LogP contribution in [-0.2, 0) is 16.0 Å². The molecule has 3 nitrogen and oxygen atoms in total. The van der Waals surface area contributed by atoms with E-state index in [1.807, 2.05) is 12.1 Å². The minimum atomic E-state index is -0.343. The zero-order valence-corrected chi connectivity index (χ0v) is 13.1. The van der Waals surface area contributed by atoms with Gasteiger partial charge in [-0.05, 0) is 47.2 Å². The number of hydrogen-bond acceptors (Lipinski definition) is 3. The monoisotopic (exact) mass is 410 g/mol. The van der Waals surface area contributed by atoms with Crippen molar-refractivity contribution in [1.82, 2.24) is 0 Å². The molecule has 17 heavy (non-hydrogen) atoms. The highest BCUT2D eigenvalue weighted by molar-refractivity contribution is 14.1. The van der Waals surface area contributed by atoms with Crippen molar-refractivity contribution in [3.05, 3.63) is 32.9 Å². The lowest BCUT2D eigenvalue weighted by molar-refractivity contribution is -0.115. The molecule has 0 radical (unpaired) electrons. The van der Waals surface area contributed by atoms with Crippen molar-refractivity contribution in [3.8, 4) is 0 Å². The summed E-state index contributed by atoms with van der Waals surface area (Å²) in [5, 5.41) is 0.327. The van der Waals surface area contributed by atoms with E-state index in [2.05, 4.69) is 38.5 Å². The molecule has 0 fully saturated rings. The largest absolute Gasteiger partial charge is 0.462 e. The van der Waals surface area contributed by atoms with Crippen LogP contribution < -0.4 is 0 Å². The summed E-state index contributed by atoms with van der Waals surface area (Å²) < 4.78 is 5.79. The Labute approximate surface area is 122 Å². The molecule has 0 amide bonds. The number of hydrogen-bond donors (Lipinski definition) is 0. The molecule has 0 bridgehead atoms. The van der Waals surface area contributed by atoms with Crippen molar-refractivity contribution < 1.29 is 14.3 Å². The second kappa shape index (κ2) is 7.10. The quantitative estimate of drug-likeness (QED) is 0.425. The molecule has 0 heterocycles. The first-order valence-electron chi connectivity index (χ1n) is 5.11. The lowest BCUT2D eigenvalue weighted by atomic mass is 10.1. The zero-order chi connectivity index (χ0) is 12.8. The maximum atomic E-state index is 11.7. The second-order valence-electron chi connectivity index (χ2n) is 3.38. The van der Waals surface area contributed by atoms with E-state index in [0.717, 1.165) is 9.13 Å². The van der Waals surface area contributed by atoms with E-state index < -0.39 is 0 Å². The van der Waals surface area contributed by atoms with Gasteiger partial charge >= 0.3 is 5.97 Å². The first-order valence-corrected chi connectivity index (χ1v) is 7.31. The molecule has 1 aromatic carbocycles. The van der Waals surface area contributed by atoms with E-state index in [4.69, 9.17) is 4.74 Å². The summed E-state index contributed by atoms with van der Waals surface area (Å²) in [4.78, 5) is 23.0. The van der Waals surface area contributed by atoms with Crippen LogP contribution in [0.4, 0.5) is 0 Å². The minimum Gasteiger partial charge on any atom is -0.462 e. The fourth-order valence-corrected chi connectivity index (χ4v) is 2.08. The SMILES string of the molecule is CCOC(=O)c1cc(CC(=O)CBr)ccc1I. The summed E-state index contributed by atoms with van der Waals surface area (Å²) in [6, 6.07) is 5.40. The summed E-state index contributed by atoms with van der Waals surface area (Å²) in [6.07, 6.45) is 0.328. The number of ketones is 1. The molecule has 0 spiro atoms. The van der Waals surface area contributed by atoms with Gasteiger partial charge in [-0.2, -0.15) is 0 Å². The molecule has 0 aliphatic heterocycles. The van der Waals surface area contributed by atoms with Crippen LogP contribution in [0.3, 0.4) is 0 Å². The highest BCUT2D eigenvalue weighted by Gasteiger charge is 2.12. The number of carbonyl (C=O) groups is 2. The van der Waals surface area contributed by atoms with Gasteiger partial charge in [0, 0.05) is 9.99 Å². The highest BCUT2D eigenvalue weighted by Crippen LogP contribution is 2.16. The average Bonchev–Trinajstić information content (AvgIpc) is 2.31. The van der Waals surface area contributed by atoms with Crippen molar-refractivity contribution in [1.29, 1.82) is 0 Å². The van der Waals surface area contributed by atoms with E-state index in [0.29, 0.717) is 23.9 Å². The van der Waals surface area contributed by atoms with E-state index >= 15 is 0 Å². The van der Waals surface area contributed by atoms with Gasteiger partial charge in [0.25, 0.3) is 0 Å². The summed E-state index contributed by atoms with van der Waals surface area (Å²) in [6.45, 7) is 2.11. The fraction of sp³-hybridized carbons (Fsp3) is 0.333. The van der Waals surface area contributed by atoms with Gasteiger partial charge in [0.2, 0.25) is 0 Å². The van der Waals surface area contributed by atoms with Gasteiger partial charge in [-0.3, -0.25) is 4.79 Å². The molecule has 1 rings (SSSR count). The Morgan fingerprint density at radius 1 is 1.41 bits per heavy atom. The van der Waals surface area contributed by atoms with Crippen LogP contribution in [0.15, 0.2) is 18.2 Å². The van der Waals surface area contributed by atoms with Crippen LogP contribution >= 0.6 is 38.5 Å². The molecule has 0 N–H and O–H groups in total. The maximum Gasteiger partial charge on any atom is 0.339 e. The predicted molar refractivity (Wildman–Crippen MR) is 77.6 cm³/mol. The van der Waals surface area contributed by atoms with Crippen LogP contribution in [0.2, 0.25) is 0 Å². The zero-order valence-electron chi connectivity index (χ0n) is 9.33. The molecule has 5 heteroatoms. The summed E-state index contributed by atoms with van der Waals surface area (Å²) in [5.74, 6) is -0.258. The first-order chi connectivity index (χ1) is 8.08. The number of Topliss-reactive ketones (excluding diaryl/α,β-unsaturated/α-hetero) is 1. The van der Waals surface area contributed by atoms with Gasteiger partial charge in [0.15, 0.2) is 0 Å². The van der Waals surface area contributed by atoms with Gasteiger partial charge in [-0.1, -0.05) is 22.0 Å². The fourth-order valence-electron chi connectivity index (χ4n) is 1.32. The molecule has 92 valence electrons. The van der Waals surface area contributed by atoms with Crippen LogP contribution in [0.1, 0.15) is 22.8 Å². The van der Waals surface area contributed by atoms with Crippen molar-refractivity contribution in [3.63, 3.8) is 0 Å². The number of halogens is 2. The minimum absolute atomic E-state index is 0.0843. The number of esters is 1. The van der Waals surface area contributed by atoms with E-state index in [1.54, 1.807) is 13.0 Å². The Kier molecular flexibility index (Phi) is 6.11. The Morgan fingerprint density at radius 2 is 2.12 bits per heavy atom. The van der Waals surface area contributed by atoms with Crippen molar-refractivity contribution >= 4 is 50.3 Å². The molecule has 0 atom stereocenters. The number of alkyl halides is 1. The summed E-state index contributed by atoms with van der Waals surface area (Å²) in [7, 11) is 0. The van der Waals surface area contributed by atoms with Gasteiger partial charge in [-0.15, -0.1) is 0 Å². The van der Waals surface area contributed by atoms with Gasteiger partial charge in [-0.25, -0.2) is 4.79 Å². The Bertz CT molecular complexity index is 432. The second-order valence-corrected chi connectivity index (χ2v) is 5.11. The van der Waals surface area contributed by atoms with E-state index in [9.17, 15) is 9.59 Å². The Hall–Kier alpha value is -0.430. The van der Waals surface area contributed by atoms with E-state index in [-0.39, 0.29) is 11.8 Å². The average molecular weight is 411 g/mol. The van der Waals surface area contributed by atoms with Crippen LogP contribution in [0.25, 0.3) is 0 Å². The summed E-state index contributed by atoms with van der Waals surface area (Å²) in [5.41, 5.74) is 1.35. The van der Waals surface area contributed by atoms with Crippen LogP contribution in [0.5, 0.6) is 0 Å². The number of benzene rings is 1. The van der Waals surface area contributed by atoms with Gasteiger partial charge < -0.3 is 4.74 Å². The van der Waals surface area contributed by atoms with Crippen LogP contribution in [-0.4, -0.2) is 23.7 Å². The molecular weight excluding hydrogens is 399 g/mol. The molecule has 0 saturated heterocycles. The van der Waals surface area contributed by atoms with Crippen molar-refractivity contribution in [2.45, 2.75) is 13.3 Å². The molecule has 1 aromatic rings. The molecule has 0 saturated carbocycles. The molecule has 0 unspecified atom stereocenters. The number of rotatable bonds is 5. The topological polar surface area (TPSA) is 43.4 Å². The lowest BCUT2D eigenvalue weighted by Crippen LogP contribution is -2.09. The Morgan fingerprint density at radius 3 is 2.71 bits per heavy atom.